The number of pyridine rings is 2. The van der Waals surface area contributed by atoms with E-state index in [1.165, 1.54) is 31.5 Å². The Morgan fingerprint density at radius 1 is 0.932 bits per heavy atom. The highest BCUT2D eigenvalue weighted by Gasteiger charge is 2.70. The van der Waals surface area contributed by atoms with E-state index in [-0.39, 0.29) is 5.52 Å². The van der Waals surface area contributed by atoms with E-state index in [1.54, 1.807) is 43.4 Å². The van der Waals surface area contributed by atoms with Crippen molar-refractivity contribution in [2.45, 2.75) is 61.6 Å². The van der Waals surface area contributed by atoms with Gasteiger partial charge in [0.2, 0.25) is 0 Å². The molecule has 3 heterocycles. The molecule has 2 aromatic carbocycles. The summed E-state index contributed by atoms with van der Waals surface area (Å²) in [6.07, 6.45) is -3.79. The first-order valence-corrected chi connectivity index (χ1v) is 14.5. The fourth-order valence-corrected chi connectivity index (χ4v) is 5.82. The number of aliphatic hydroxyl groups is 1. The number of aromatic nitrogens is 4. The van der Waals surface area contributed by atoms with E-state index in [2.05, 4.69) is 25.1 Å². The van der Waals surface area contributed by atoms with Crippen molar-refractivity contribution in [1.82, 2.24) is 24.5 Å². The number of benzene rings is 2. The Morgan fingerprint density at radius 2 is 1.66 bits per heavy atom. The third-order valence-corrected chi connectivity index (χ3v) is 8.85. The van der Waals surface area contributed by atoms with Crippen molar-refractivity contribution in [3.63, 3.8) is 0 Å². The van der Waals surface area contributed by atoms with Crippen molar-refractivity contribution >= 4 is 45.1 Å². The fraction of sp³-hybridized carbons (Fsp3) is 0.300. The molecular formula is C30H26F6N6OS. The van der Waals surface area contributed by atoms with Crippen LogP contribution >= 0.6 is 11.9 Å². The Bertz CT molecular complexity index is 1800. The predicted molar refractivity (Wildman–Crippen MR) is 156 cm³/mol. The topological polar surface area (TPSA) is 87.9 Å². The minimum absolute atomic E-state index is 0.00642. The molecule has 1 aliphatic carbocycles. The van der Waals surface area contributed by atoms with Gasteiger partial charge >= 0.3 is 12.4 Å². The molecule has 14 heteroatoms. The number of hydrogen-bond donors (Lipinski definition) is 3. The Hall–Kier alpha value is -3.88. The molecule has 1 saturated carbocycles. The zero-order valence-electron chi connectivity index (χ0n) is 23.2. The Morgan fingerprint density at radius 3 is 2.32 bits per heavy atom. The summed E-state index contributed by atoms with van der Waals surface area (Å²) in [6, 6.07) is 15.1. The van der Waals surface area contributed by atoms with E-state index in [0.29, 0.717) is 38.7 Å². The average molecular weight is 633 g/mol. The normalized spacial score (nSPS) is 14.7. The lowest BCUT2D eigenvalue weighted by Crippen LogP contribution is -2.59. The summed E-state index contributed by atoms with van der Waals surface area (Å²) in [6.45, 7) is -0.157. The van der Waals surface area contributed by atoms with Crippen LogP contribution in [0.3, 0.4) is 0 Å². The van der Waals surface area contributed by atoms with Gasteiger partial charge in [-0.05, 0) is 79.7 Å². The summed E-state index contributed by atoms with van der Waals surface area (Å²) in [5.74, 6) is 0.560. The molecule has 0 spiro atoms. The van der Waals surface area contributed by atoms with Crippen LogP contribution in [0.25, 0.3) is 32.9 Å². The zero-order valence-corrected chi connectivity index (χ0v) is 24.0. The van der Waals surface area contributed by atoms with Gasteiger partial charge in [0.25, 0.3) is 5.60 Å². The number of nitrogens with zero attached hydrogens (tertiary/aromatic N) is 4. The molecule has 6 rings (SSSR count). The van der Waals surface area contributed by atoms with Gasteiger partial charge in [-0.2, -0.15) is 31.4 Å². The highest BCUT2D eigenvalue weighted by Crippen LogP contribution is 2.44. The van der Waals surface area contributed by atoms with Crippen LogP contribution in [0.2, 0.25) is 0 Å². The average Bonchev–Trinajstić information content (AvgIpc) is 3.35. The first-order valence-electron chi connectivity index (χ1n) is 13.7. The summed E-state index contributed by atoms with van der Waals surface area (Å²) >= 11 is 1.61. The van der Waals surface area contributed by atoms with Crippen LogP contribution in [0.15, 0.2) is 72.0 Å². The van der Waals surface area contributed by atoms with Crippen molar-refractivity contribution < 1.29 is 31.4 Å². The second-order valence-corrected chi connectivity index (χ2v) is 11.7. The molecule has 0 saturated heterocycles. The maximum atomic E-state index is 13.3. The van der Waals surface area contributed by atoms with Gasteiger partial charge in [0, 0.05) is 50.7 Å². The number of aryl methyl sites for hydroxylation is 1. The summed E-state index contributed by atoms with van der Waals surface area (Å²) in [7, 11) is 0. The highest BCUT2D eigenvalue weighted by atomic mass is 32.2. The van der Waals surface area contributed by atoms with Gasteiger partial charge in [0.05, 0.1) is 24.0 Å². The summed E-state index contributed by atoms with van der Waals surface area (Å²) in [5.41, 5.74) is -2.42. The predicted octanol–water partition coefficient (Wildman–Crippen LogP) is 7.70. The van der Waals surface area contributed by atoms with Crippen LogP contribution in [-0.4, -0.2) is 48.9 Å². The minimum Gasteiger partial charge on any atom is -0.372 e. The molecule has 7 nitrogen and oxygen atoms in total. The lowest BCUT2D eigenvalue weighted by atomic mass is 9.94. The monoisotopic (exact) mass is 632 g/mol. The molecule has 5 aromatic rings. The van der Waals surface area contributed by atoms with E-state index in [9.17, 15) is 31.4 Å². The summed E-state index contributed by atoms with van der Waals surface area (Å²) < 4.78 is 84.0. The molecule has 0 amide bonds. The van der Waals surface area contributed by atoms with Crippen LogP contribution in [0.4, 0.5) is 37.8 Å². The number of alkyl halides is 6. The summed E-state index contributed by atoms with van der Waals surface area (Å²) in [4.78, 5) is 10.2. The standard InChI is InChI=1S/C30H26F6N6OS/c1-17-22(9-10-25-24(17)15-39-42(25)16-28(43,29(31,32)33)30(34,35)36)27-23-13-26(38-14-18(23)11-12-37-27)40-19-5-7-21(8-6-19)44-41-20-3-2-4-20/h5-15,20,41,43H,2-4,16H2,1H3,(H,38,40). The molecule has 3 N–H and O–H groups in total. The van der Waals surface area contributed by atoms with E-state index < -0.39 is 24.5 Å². The molecule has 230 valence electrons. The van der Waals surface area contributed by atoms with Crippen molar-refractivity contribution in [3.05, 3.63) is 72.7 Å². The Balaban J connectivity index is 1.29. The molecule has 0 aliphatic heterocycles. The van der Waals surface area contributed by atoms with Gasteiger partial charge < -0.3 is 10.4 Å². The Kier molecular flexibility index (Phi) is 7.70. The van der Waals surface area contributed by atoms with Gasteiger partial charge in [-0.15, -0.1) is 0 Å². The van der Waals surface area contributed by atoms with Crippen LogP contribution < -0.4 is 10.0 Å². The number of fused-ring (bicyclic) bond motifs is 2. The summed E-state index contributed by atoms with van der Waals surface area (Å²) in [5, 5.41) is 18.6. The van der Waals surface area contributed by atoms with Crippen molar-refractivity contribution in [1.29, 1.82) is 0 Å². The molecule has 1 aliphatic rings. The van der Waals surface area contributed by atoms with Gasteiger partial charge in [-0.3, -0.25) is 14.4 Å². The molecule has 0 radical (unpaired) electrons. The Labute approximate surface area is 251 Å². The first-order chi connectivity index (χ1) is 20.8. The largest absolute Gasteiger partial charge is 0.428 e. The first kappa shape index (κ1) is 30.2. The highest BCUT2D eigenvalue weighted by molar-refractivity contribution is 7.97. The lowest BCUT2D eigenvalue weighted by Gasteiger charge is -2.32. The molecule has 1 fully saturated rings. The molecule has 0 unspecified atom stereocenters. The number of hydrogen-bond acceptors (Lipinski definition) is 7. The van der Waals surface area contributed by atoms with Crippen molar-refractivity contribution in [2.75, 3.05) is 5.32 Å². The fourth-order valence-electron chi connectivity index (χ4n) is 5.01. The van der Waals surface area contributed by atoms with Crippen molar-refractivity contribution in [3.8, 4) is 11.3 Å². The SMILES string of the molecule is Cc1c(-c2nccc3cnc(Nc4ccc(SNC5CCC5)cc4)cc23)ccc2c1cnn2CC(O)(C(F)(F)F)C(F)(F)F. The third-order valence-electron chi connectivity index (χ3n) is 7.89. The van der Waals surface area contributed by atoms with Crippen molar-refractivity contribution in [2.24, 2.45) is 0 Å². The smallest absolute Gasteiger partial charge is 0.372 e. The van der Waals surface area contributed by atoms with E-state index >= 15 is 0 Å². The number of halogens is 6. The second kappa shape index (κ2) is 11.2. The van der Waals surface area contributed by atoms with Crippen LogP contribution in [0.1, 0.15) is 24.8 Å². The molecule has 44 heavy (non-hydrogen) atoms. The quantitative estimate of drug-likeness (QED) is 0.119. The van der Waals surface area contributed by atoms with Gasteiger partial charge in [0.1, 0.15) is 5.82 Å². The van der Waals surface area contributed by atoms with Gasteiger partial charge in [-0.25, -0.2) is 4.98 Å². The van der Waals surface area contributed by atoms with Gasteiger partial charge in [-0.1, -0.05) is 12.5 Å². The molecule has 3 aromatic heterocycles. The molecular weight excluding hydrogens is 606 g/mol. The minimum atomic E-state index is -5.96. The lowest BCUT2D eigenvalue weighted by molar-refractivity contribution is -0.372. The maximum Gasteiger partial charge on any atom is 0.428 e. The van der Waals surface area contributed by atoms with Crippen LogP contribution in [0, 0.1) is 6.92 Å². The second-order valence-electron chi connectivity index (χ2n) is 10.8. The van der Waals surface area contributed by atoms with E-state index in [1.807, 2.05) is 30.3 Å². The number of rotatable bonds is 8. The number of nitrogens with one attached hydrogen (secondary N) is 2. The number of anilines is 2. The van der Waals surface area contributed by atoms with Gasteiger partial charge in [0.15, 0.2) is 0 Å². The van der Waals surface area contributed by atoms with Crippen LogP contribution in [-0.2, 0) is 6.54 Å². The zero-order chi connectivity index (χ0) is 31.3. The maximum absolute atomic E-state index is 13.3. The molecule has 0 atom stereocenters. The van der Waals surface area contributed by atoms with Crippen LogP contribution in [0.5, 0.6) is 0 Å². The molecule has 0 bridgehead atoms. The van der Waals surface area contributed by atoms with E-state index in [0.717, 1.165) is 21.4 Å². The van der Waals surface area contributed by atoms with E-state index in [4.69, 9.17) is 0 Å². The third kappa shape index (κ3) is 5.57.